The first-order chi connectivity index (χ1) is 12.0. The maximum Gasteiger partial charge on any atom is 0.309 e. The first kappa shape index (κ1) is 18.5. The van der Waals surface area contributed by atoms with Gasteiger partial charge in [-0.1, -0.05) is 56.3 Å². The highest BCUT2D eigenvalue weighted by atomic mass is 16.5. The summed E-state index contributed by atoms with van der Waals surface area (Å²) in [7, 11) is 1.57. The standard InChI is InChI=1S/C20H24N2O3/c1-14(2)16-10-8-15(9-11-16)12-21-19(23)20(24)22-13-17-6-4-5-7-18(17)25-3/h4-11,14H,12-13H2,1-3H3,(H,21,23)(H,22,24). The molecule has 0 saturated carbocycles. The number of ether oxygens (including phenoxy) is 1. The van der Waals surface area contributed by atoms with Crippen molar-refractivity contribution in [1.82, 2.24) is 10.6 Å². The third-order valence-corrected chi connectivity index (χ3v) is 3.94. The van der Waals surface area contributed by atoms with Gasteiger partial charge in [0, 0.05) is 18.7 Å². The lowest BCUT2D eigenvalue weighted by Crippen LogP contribution is -2.39. The molecule has 0 fully saturated rings. The molecule has 0 aliphatic rings. The predicted octanol–water partition coefficient (Wildman–Crippen LogP) is 2.75. The van der Waals surface area contributed by atoms with Gasteiger partial charge in [0.1, 0.15) is 5.75 Å². The lowest BCUT2D eigenvalue weighted by atomic mass is 10.0. The molecule has 2 amide bonds. The molecular formula is C20H24N2O3. The van der Waals surface area contributed by atoms with Gasteiger partial charge in [-0.3, -0.25) is 9.59 Å². The van der Waals surface area contributed by atoms with E-state index in [2.05, 4.69) is 24.5 Å². The number of hydrogen-bond donors (Lipinski definition) is 2. The Bertz CT molecular complexity index is 724. The average Bonchev–Trinajstić information content (AvgIpc) is 2.64. The average molecular weight is 340 g/mol. The summed E-state index contributed by atoms with van der Waals surface area (Å²) >= 11 is 0. The third kappa shape index (κ3) is 5.35. The highest BCUT2D eigenvalue weighted by Crippen LogP contribution is 2.16. The van der Waals surface area contributed by atoms with Gasteiger partial charge in [-0.05, 0) is 23.1 Å². The molecule has 0 spiro atoms. The van der Waals surface area contributed by atoms with E-state index in [1.807, 2.05) is 48.5 Å². The topological polar surface area (TPSA) is 67.4 Å². The lowest BCUT2D eigenvalue weighted by molar-refractivity contribution is -0.139. The Morgan fingerprint density at radius 3 is 2.12 bits per heavy atom. The molecular weight excluding hydrogens is 316 g/mol. The Kier molecular flexibility index (Phi) is 6.57. The minimum Gasteiger partial charge on any atom is -0.496 e. The Morgan fingerprint density at radius 2 is 1.52 bits per heavy atom. The third-order valence-electron chi connectivity index (χ3n) is 3.94. The van der Waals surface area contributed by atoms with Gasteiger partial charge in [0.05, 0.1) is 7.11 Å². The molecule has 2 rings (SSSR count). The van der Waals surface area contributed by atoms with Crippen LogP contribution in [0.2, 0.25) is 0 Å². The van der Waals surface area contributed by atoms with Crippen LogP contribution in [0.4, 0.5) is 0 Å². The van der Waals surface area contributed by atoms with Crippen LogP contribution < -0.4 is 15.4 Å². The molecule has 0 bridgehead atoms. The van der Waals surface area contributed by atoms with E-state index in [0.717, 1.165) is 11.1 Å². The molecule has 25 heavy (non-hydrogen) atoms. The van der Waals surface area contributed by atoms with Gasteiger partial charge in [0.25, 0.3) is 0 Å². The lowest BCUT2D eigenvalue weighted by Gasteiger charge is -2.10. The molecule has 2 N–H and O–H groups in total. The van der Waals surface area contributed by atoms with E-state index in [4.69, 9.17) is 4.74 Å². The van der Waals surface area contributed by atoms with Crippen LogP contribution in [-0.2, 0) is 22.7 Å². The van der Waals surface area contributed by atoms with Crippen molar-refractivity contribution in [2.24, 2.45) is 0 Å². The van der Waals surface area contributed by atoms with E-state index in [1.54, 1.807) is 7.11 Å². The molecule has 0 saturated heterocycles. The number of carbonyl (C=O) groups is 2. The van der Waals surface area contributed by atoms with E-state index in [0.29, 0.717) is 18.2 Å². The Labute approximate surface area is 148 Å². The maximum atomic E-state index is 11.9. The smallest absolute Gasteiger partial charge is 0.309 e. The van der Waals surface area contributed by atoms with E-state index in [1.165, 1.54) is 5.56 Å². The quantitative estimate of drug-likeness (QED) is 0.795. The number of amides is 2. The van der Waals surface area contributed by atoms with Crippen LogP contribution in [-0.4, -0.2) is 18.9 Å². The summed E-state index contributed by atoms with van der Waals surface area (Å²) in [5.74, 6) is -0.176. The summed E-state index contributed by atoms with van der Waals surface area (Å²) in [4.78, 5) is 23.8. The molecule has 0 aliphatic carbocycles. The molecule has 0 heterocycles. The molecule has 0 radical (unpaired) electrons. The van der Waals surface area contributed by atoms with E-state index in [9.17, 15) is 9.59 Å². The second kappa shape index (κ2) is 8.87. The van der Waals surface area contributed by atoms with Crippen molar-refractivity contribution in [3.05, 3.63) is 65.2 Å². The zero-order chi connectivity index (χ0) is 18.2. The second-order valence-corrected chi connectivity index (χ2v) is 6.07. The Balaban J connectivity index is 1.83. The van der Waals surface area contributed by atoms with Crippen LogP contribution in [0.25, 0.3) is 0 Å². The van der Waals surface area contributed by atoms with Crippen molar-refractivity contribution in [3.63, 3.8) is 0 Å². The van der Waals surface area contributed by atoms with Crippen LogP contribution >= 0.6 is 0 Å². The van der Waals surface area contributed by atoms with Gasteiger partial charge in [0.15, 0.2) is 0 Å². The monoisotopic (exact) mass is 340 g/mol. The number of methoxy groups -OCH3 is 1. The number of para-hydroxylation sites is 1. The SMILES string of the molecule is COc1ccccc1CNC(=O)C(=O)NCc1ccc(C(C)C)cc1. The molecule has 132 valence electrons. The zero-order valence-electron chi connectivity index (χ0n) is 14.8. The van der Waals surface area contributed by atoms with Crippen molar-refractivity contribution < 1.29 is 14.3 Å². The van der Waals surface area contributed by atoms with Crippen LogP contribution in [0.15, 0.2) is 48.5 Å². The fraction of sp³-hybridized carbons (Fsp3) is 0.300. The summed E-state index contributed by atoms with van der Waals surface area (Å²) in [6.45, 7) is 4.81. The van der Waals surface area contributed by atoms with Gasteiger partial charge in [-0.2, -0.15) is 0 Å². The zero-order valence-corrected chi connectivity index (χ0v) is 14.8. The van der Waals surface area contributed by atoms with Gasteiger partial charge in [0.2, 0.25) is 0 Å². The largest absolute Gasteiger partial charge is 0.496 e. The van der Waals surface area contributed by atoms with Gasteiger partial charge in [-0.25, -0.2) is 0 Å². The number of carbonyl (C=O) groups excluding carboxylic acids is 2. The fourth-order valence-electron chi connectivity index (χ4n) is 2.39. The summed E-state index contributed by atoms with van der Waals surface area (Å²) in [5.41, 5.74) is 3.01. The van der Waals surface area contributed by atoms with E-state index >= 15 is 0 Å². The number of nitrogens with one attached hydrogen (secondary N) is 2. The van der Waals surface area contributed by atoms with E-state index < -0.39 is 11.8 Å². The predicted molar refractivity (Wildman–Crippen MR) is 97.2 cm³/mol. The highest BCUT2D eigenvalue weighted by Gasteiger charge is 2.13. The molecule has 5 nitrogen and oxygen atoms in total. The van der Waals surface area contributed by atoms with Crippen molar-refractivity contribution in [2.45, 2.75) is 32.9 Å². The van der Waals surface area contributed by atoms with Gasteiger partial charge < -0.3 is 15.4 Å². The second-order valence-electron chi connectivity index (χ2n) is 6.07. The number of hydrogen-bond acceptors (Lipinski definition) is 3. The fourth-order valence-corrected chi connectivity index (χ4v) is 2.39. The van der Waals surface area contributed by atoms with Crippen LogP contribution in [0.1, 0.15) is 36.5 Å². The van der Waals surface area contributed by atoms with E-state index in [-0.39, 0.29) is 6.54 Å². The first-order valence-corrected chi connectivity index (χ1v) is 8.28. The van der Waals surface area contributed by atoms with Crippen molar-refractivity contribution in [1.29, 1.82) is 0 Å². The normalized spacial score (nSPS) is 10.4. The molecule has 0 aliphatic heterocycles. The van der Waals surface area contributed by atoms with Crippen LogP contribution in [0.3, 0.4) is 0 Å². The molecule has 0 unspecified atom stereocenters. The summed E-state index contributed by atoms with van der Waals surface area (Å²) in [6, 6.07) is 15.3. The van der Waals surface area contributed by atoms with Crippen LogP contribution in [0, 0.1) is 0 Å². The first-order valence-electron chi connectivity index (χ1n) is 8.28. The molecule has 5 heteroatoms. The minimum absolute atomic E-state index is 0.235. The van der Waals surface area contributed by atoms with Crippen molar-refractivity contribution in [3.8, 4) is 5.75 Å². The maximum absolute atomic E-state index is 11.9. The minimum atomic E-state index is -0.662. The van der Waals surface area contributed by atoms with Crippen LogP contribution in [0.5, 0.6) is 5.75 Å². The highest BCUT2D eigenvalue weighted by molar-refractivity contribution is 6.35. The van der Waals surface area contributed by atoms with Crippen molar-refractivity contribution >= 4 is 11.8 Å². The molecule has 2 aromatic rings. The molecule has 2 aromatic carbocycles. The molecule has 0 atom stereocenters. The summed E-state index contributed by atoms with van der Waals surface area (Å²) < 4.78 is 5.22. The van der Waals surface area contributed by atoms with Gasteiger partial charge in [-0.15, -0.1) is 0 Å². The Morgan fingerprint density at radius 1 is 0.920 bits per heavy atom. The number of benzene rings is 2. The Hall–Kier alpha value is -2.82. The van der Waals surface area contributed by atoms with Crippen molar-refractivity contribution in [2.75, 3.05) is 7.11 Å². The van der Waals surface area contributed by atoms with Gasteiger partial charge >= 0.3 is 11.8 Å². The molecule has 0 aromatic heterocycles. The summed E-state index contributed by atoms with van der Waals surface area (Å²) in [6.07, 6.45) is 0. The number of rotatable bonds is 6. The summed E-state index contributed by atoms with van der Waals surface area (Å²) in [5, 5.41) is 5.23.